The first-order valence-electron chi connectivity index (χ1n) is 3.51. The molecule has 0 amide bonds. The Hall–Kier alpha value is -1.81. The van der Waals surface area contributed by atoms with Crippen LogP contribution in [0.2, 0.25) is 0 Å². The molecular formula is C11H9N. The van der Waals surface area contributed by atoms with E-state index in [1.165, 1.54) is 0 Å². The van der Waals surface area contributed by atoms with Gasteiger partial charge in [0.2, 0.25) is 0 Å². The SMILES string of the molecule is C#Cc1ccc(N=C)c(C=C)c1. The molecule has 0 atom stereocenters. The number of benzene rings is 1. The van der Waals surface area contributed by atoms with Gasteiger partial charge < -0.3 is 0 Å². The Morgan fingerprint density at radius 3 is 2.75 bits per heavy atom. The summed E-state index contributed by atoms with van der Waals surface area (Å²) in [6, 6.07) is 5.52. The van der Waals surface area contributed by atoms with E-state index in [-0.39, 0.29) is 0 Å². The lowest BCUT2D eigenvalue weighted by atomic mass is 10.1. The Morgan fingerprint density at radius 1 is 1.50 bits per heavy atom. The van der Waals surface area contributed by atoms with Crippen molar-refractivity contribution in [3.63, 3.8) is 0 Å². The largest absolute Gasteiger partial charge is 0.264 e. The van der Waals surface area contributed by atoms with Gasteiger partial charge in [-0.3, -0.25) is 4.99 Å². The Morgan fingerprint density at radius 2 is 2.25 bits per heavy atom. The molecule has 1 aromatic rings. The Bertz CT molecular complexity index is 356. The van der Waals surface area contributed by atoms with E-state index >= 15 is 0 Å². The van der Waals surface area contributed by atoms with Crippen LogP contribution < -0.4 is 0 Å². The number of rotatable bonds is 2. The van der Waals surface area contributed by atoms with Gasteiger partial charge in [0.05, 0.1) is 5.69 Å². The van der Waals surface area contributed by atoms with Gasteiger partial charge in [-0.25, -0.2) is 0 Å². The normalized spacial score (nSPS) is 8.58. The van der Waals surface area contributed by atoms with Gasteiger partial charge >= 0.3 is 0 Å². The molecule has 0 aliphatic carbocycles. The van der Waals surface area contributed by atoms with Crippen molar-refractivity contribution in [2.45, 2.75) is 0 Å². The summed E-state index contributed by atoms with van der Waals surface area (Å²) in [7, 11) is 0. The predicted molar refractivity (Wildman–Crippen MR) is 53.7 cm³/mol. The van der Waals surface area contributed by atoms with Crippen molar-refractivity contribution in [3.05, 3.63) is 35.9 Å². The Labute approximate surface area is 72.5 Å². The van der Waals surface area contributed by atoms with Gasteiger partial charge in [0.25, 0.3) is 0 Å². The zero-order valence-electron chi connectivity index (χ0n) is 6.75. The molecule has 0 aliphatic heterocycles. The minimum Gasteiger partial charge on any atom is -0.264 e. The molecule has 58 valence electrons. The van der Waals surface area contributed by atoms with Crippen LogP contribution in [0.15, 0.2) is 29.8 Å². The second-order valence-electron chi connectivity index (χ2n) is 2.28. The summed E-state index contributed by atoms with van der Waals surface area (Å²) >= 11 is 0. The summed E-state index contributed by atoms with van der Waals surface area (Å²) in [6.45, 7) is 7.10. The van der Waals surface area contributed by atoms with Crippen molar-refractivity contribution in [1.29, 1.82) is 0 Å². The van der Waals surface area contributed by atoms with Crippen LogP contribution in [0.1, 0.15) is 11.1 Å². The molecule has 1 rings (SSSR count). The number of hydrogen-bond acceptors (Lipinski definition) is 1. The van der Waals surface area contributed by atoms with Crippen molar-refractivity contribution in [2.75, 3.05) is 0 Å². The number of aliphatic imine (C=N–C) groups is 1. The topological polar surface area (TPSA) is 12.4 Å². The predicted octanol–water partition coefficient (Wildman–Crippen LogP) is 2.64. The molecule has 0 aliphatic rings. The molecule has 0 saturated heterocycles. The van der Waals surface area contributed by atoms with Gasteiger partial charge in [0, 0.05) is 11.1 Å². The average molecular weight is 155 g/mol. The lowest BCUT2D eigenvalue weighted by molar-refractivity contribution is 1.51. The van der Waals surface area contributed by atoms with E-state index in [1.54, 1.807) is 6.08 Å². The van der Waals surface area contributed by atoms with E-state index in [1.807, 2.05) is 18.2 Å². The van der Waals surface area contributed by atoms with E-state index in [9.17, 15) is 0 Å². The third kappa shape index (κ3) is 1.43. The smallest absolute Gasteiger partial charge is 0.0695 e. The van der Waals surface area contributed by atoms with Gasteiger partial charge in [0.15, 0.2) is 0 Å². The van der Waals surface area contributed by atoms with Crippen LogP contribution in [0.25, 0.3) is 6.08 Å². The van der Waals surface area contributed by atoms with Crippen molar-refractivity contribution in [2.24, 2.45) is 4.99 Å². The zero-order valence-corrected chi connectivity index (χ0v) is 6.75. The van der Waals surface area contributed by atoms with Crippen LogP contribution in [0.5, 0.6) is 0 Å². The summed E-state index contributed by atoms with van der Waals surface area (Å²) < 4.78 is 0. The first-order chi connectivity index (χ1) is 5.81. The molecule has 0 saturated carbocycles. The lowest BCUT2D eigenvalue weighted by Gasteiger charge is -1.99. The van der Waals surface area contributed by atoms with Gasteiger partial charge in [-0.15, -0.1) is 6.42 Å². The number of nitrogens with zero attached hydrogens (tertiary/aromatic N) is 1. The molecular weight excluding hydrogens is 146 g/mol. The molecule has 0 radical (unpaired) electrons. The second kappa shape index (κ2) is 3.54. The molecule has 0 spiro atoms. The molecule has 0 unspecified atom stereocenters. The second-order valence-corrected chi connectivity index (χ2v) is 2.28. The van der Waals surface area contributed by atoms with Crippen LogP contribution in [0.4, 0.5) is 5.69 Å². The Balaban J connectivity index is 3.30. The Kier molecular flexibility index (Phi) is 2.45. The molecule has 0 N–H and O–H groups in total. The maximum absolute atomic E-state index is 5.23. The first-order valence-corrected chi connectivity index (χ1v) is 3.51. The van der Waals surface area contributed by atoms with Crippen molar-refractivity contribution in [1.82, 2.24) is 0 Å². The third-order valence-corrected chi connectivity index (χ3v) is 1.58. The summed E-state index contributed by atoms with van der Waals surface area (Å²) in [5.41, 5.74) is 2.56. The minimum absolute atomic E-state index is 0.809. The lowest BCUT2D eigenvalue weighted by Crippen LogP contribution is -1.77. The van der Waals surface area contributed by atoms with Crippen LogP contribution in [0.3, 0.4) is 0 Å². The van der Waals surface area contributed by atoms with Crippen LogP contribution in [0, 0.1) is 12.3 Å². The minimum atomic E-state index is 0.809. The molecule has 1 nitrogen and oxygen atoms in total. The summed E-state index contributed by atoms with van der Waals surface area (Å²) in [4.78, 5) is 3.83. The zero-order chi connectivity index (χ0) is 8.97. The van der Waals surface area contributed by atoms with Crippen LogP contribution in [-0.4, -0.2) is 6.72 Å². The molecule has 12 heavy (non-hydrogen) atoms. The van der Waals surface area contributed by atoms with Gasteiger partial charge in [-0.2, -0.15) is 0 Å². The van der Waals surface area contributed by atoms with E-state index in [4.69, 9.17) is 6.42 Å². The van der Waals surface area contributed by atoms with Crippen molar-refractivity contribution >= 4 is 18.5 Å². The monoisotopic (exact) mass is 155 g/mol. The molecule has 0 fully saturated rings. The average Bonchev–Trinajstić information content (AvgIpc) is 2.16. The number of hydrogen-bond donors (Lipinski definition) is 0. The van der Waals surface area contributed by atoms with E-state index in [2.05, 4.69) is 24.2 Å². The van der Waals surface area contributed by atoms with Gasteiger partial charge in [0.1, 0.15) is 0 Å². The first kappa shape index (κ1) is 8.29. The summed E-state index contributed by atoms with van der Waals surface area (Å²) in [5, 5.41) is 0. The number of terminal acetylenes is 1. The molecule has 1 aromatic carbocycles. The van der Waals surface area contributed by atoms with E-state index in [0.717, 1.165) is 16.8 Å². The van der Waals surface area contributed by atoms with Gasteiger partial charge in [-0.05, 0) is 24.9 Å². The van der Waals surface area contributed by atoms with Crippen molar-refractivity contribution in [3.8, 4) is 12.3 Å². The quantitative estimate of drug-likeness (QED) is 0.460. The highest BCUT2D eigenvalue weighted by molar-refractivity contribution is 5.66. The van der Waals surface area contributed by atoms with E-state index in [0.29, 0.717) is 0 Å². The molecule has 0 aromatic heterocycles. The molecule has 0 bridgehead atoms. The fourth-order valence-electron chi connectivity index (χ4n) is 0.952. The highest BCUT2D eigenvalue weighted by atomic mass is 14.7. The molecule has 0 heterocycles. The summed E-state index contributed by atoms with van der Waals surface area (Å²) in [6.07, 6.45) is 6.95. The highest BCUT2D eigenvalue weighted by Crippen LogP contribution is 2.20. The third-order valence-electron chi connectivity index (χ3n) is 1.58. The fourth-order valence-corrected chi connectivity index (χ4v) is 0.952. The van der Waals surface area contributed by atoms with Crippen LogP contribution in [-0.2, 0) is 0 Å². The molecule has 1 heteroatoms. The van der Waals surface area contributed by atoms with Crippen LogP contribution >= 0.6 is 0 Å². The summed E-state index contributed by atoms with van der Waals surface area (Å²) in [5.74, 6) is 2.54. The maximum atomic E-state index is 5.23. The van der Waals surface area contributed by atoms with Gasteiger partial charge in [-0.1, -0.05) is 18.6 Å². The van der Waals surface area contributed by atoms with Crippen molar-refractivity contribution < 1.29 is 0 Å². The highest BCUT2D eigenvalue weighted by Gasteiger charge is 1.96. The maximum Gasteiger partial charge on any atom is 0.0695 e. The standard InChI is InChI=1S/C11H9N/c1-4-9-6-7-11(12-3)10(5-2)8-9/h1,5-8H,2-3H2. The van der Waals surface area contributed by atoms with E-state index < -0.39 is 0 Å². The fraction of sp³-hybridized carbons (Fsp3) is 0.